The quantitative estimate of drug-likeness (QED) is 0.721. The highest BCUT2D eigenvalue weighted by Crippen LogP contribution is 2.39. The Morgan fingerprint density at radius 1 is 0.929 bits per heavy atom. The zero-order valence-electron chi connectivity index (χ0n) is 15.9. The van der Waals surface area contributed by atoms with Gasteiger partial charge in [-0.05, 0) is 42.8 Å². The van der Waals surface area contributed by atoms with Gasteiger partial charge >= 0.3 is 0 Å². The fourth-order valence-corrected chi connectivity index (χ4v) is 4.53. The van der Waals surface area contributed by atoms with Gasteiger partial charge in [-0.15, -0.1) is 11.3 Å². The largest absolute Gasteiger partial charge is 0.493 e. The van der Waals surface area contributed by atoms with Crippen molar-refractivity contribution in [2.75, 3.05) is 32.2 Å². The third-order valence-electron chi connectivity index (χ3n) is 5.12. The Bertz CT molecular complexity index is 930. The van der Waals surface area contributed by atoms with Crippen molar-refractivity contribution in [3.63, 3.8) is 0 Å². The number of anilines is 1. The van der Waals surface area contributed by atoms with E-state index in [2.05, 4.69) is 4.90 Å². The highest BCUT2D eigenvalue weighted by atomic mass is 32.1. The first-order valence-corrected chi connectivity index (χ1v) is 10.2. The lowest BCUT2D eigenvalue weighted by Crippen LogP contribution is -2.37. The minimum atomic E-state index is -0.291. The highest BCUT2D eigenvalue weighted by Gasteiger charge is 2.43. The maximum atomic E-state index is 13.4. The van der Waals surface area contributed by atoms with E-state index < -0.39 is 0 Å². The summed E-state index contributed by atoms with van der Waals surface area (Å²) in [5.74, 6) is 0.459. The second kappa shape index (κ2) is 7.67. The van der Waals surface area contributed by atoms with E-state index >= 15 is 0 Å². The van der Waals surface area contributed by atoms with Crippen LogP contribution in [0.3, 0.4) is 0 Å². The van der Waals surface area contributed by atoms with E-state index in [1.165, 1.54) is 23.3 Å². The molecule has 1 saturated heterocycles. The smallest absolute Gasteiger partial charge is 0.282 e. The SMILES string of the molecule is COc1ccc(N2C(=O)C(c3cccs3)=C(N3CCCCC3)C2=O)cc1OC. The van der Waals surface area contributed by atoms with E-state index in [1.807, 2.05) is 17.5 Å². The summed E-state index contributed by atoms with van der Waals surface area (Å²) in [6.07, 6.45) is 3.21. The molecular weight excluding hydrogens is 376 g/mol. The minimum absolute atomic E-state index is 0.275. The Morgan fingerprint density at radius 3 is 2.32 bits per heavy atom. The summed E-state index contributed by atoms with van der Waals surface area (Å²) in [4.78, 5) is 30.9. The first-order valence-electron chi connectivity index (χ1n) is 9.29. The predicted octanol–water partition coefficient (Wildman–Crippen LogP) is 3.54. The number of carbonyl (C=O) groups is 2. The van der Waals surface area contributed by atoms with Crippen LogP contribution >= 0.6 is 11.3 Å². The maximum absolute atomic E-state index is 13.4. The number of rotatable bonds is 5. The van der Waals surface area contributed by atoms with Crippen molar-refractivity contribution >= 4 is 34.4 Å². The zero-order valence-corrected chi connectivity index (χ0v) is 16.8. The van der Waals surface area contributed by atoms with E-state index in [9.17, 15) is 9.59 Å². The highest BCUT2D eigenvalue weighted by molar-refractivity contribution is 7.11. The molecule has 0 saturated carbocycles. The molecule has 2 aromatic rings. The molecule has 146 valence electrons. The van der Waals surface area contributed by atoms with Crippen LogP contribution in [0.5, 0.6) is 11.5 Å². The summed E-state index contributed by atoms with van der Waals surface area (Å²) in [5.41, 5.74) is 1.49. The van der Waals surface area contributed by atoms with Crippen LogP contribution in [-0.4, -0.2) is 44.0 Å². The first kappa shape index (κ1) is 18.6. The molecule has 0 unspecified atom stereocenters. The second-order valence-corrected chi connectivity index (χ2v) is 7.68. The number of thiophene rings is 1. The number of carbonyl (C=O) groups excluding carboxylic acids is 2. The van der Waals surface area contributed by atoms with Crippen molar-refractivity contribution in [2.45, 2.75) is 19.3 Å². The van der Waals surface area contributed by atoms with Crippen molar-refractivity contribution in [1.82, 2.24) is 4.90 Å². The van der Waals surface area contributed by atoms with Gasteiger partial charge in [0, 0.05) is 24.0 Å². The molecule has 0 N–H and O–H groups in total. The normalized spacial score (nSPS) is 17.5. The summed E-state index contributed by atoms with van der Waals surface area (Å²) in [7, 11) is 3.08. The van der Waals surface area contributed by atoms with Gasteiger partial charge in [-0.25, -0.2) is 4.90 Å². The molecule has 7 heteroatoms. The van der Waals surface area contributed by atoms with Crippen LogP contribution in [0.1, 0.15) is 24.1 Å². The summed E-state index contributed by atoms with van der Waals surface area (Å²) >= 11 is 1.48. The van der Waals surface area contributed by atoms with Gasteiger partial charge in [-0.3, -0.25) is 9.59 Å². The Kier molecular flexibility index (Phi) is 5.09. The average molecular weight is 398 g/mol. The molecule has 0 aliphatic carbocycles. The van der Waals surface area contributed by atoms with Crippen molar-refractivity contribution in [1.29, 1.82) is 0 Å². The van der Waals surface area contributed by atoms with Crippen LogP contribution in [0.4, 0.5) is 5.69 Å². The maximum Gasteiger partial charge on any atom is 0.282 e. The molecule has 2 amide bonds. The predicted molar refractivity (Wildman–Crippen MR) is 109 cm³/mol. The van der Waals surface area contributed by atoms with Crippen molar-refractivity contribution in [2.24, 2.45) is 0 Å². The molecule has 1 fully saturated rings. The van der Waals surface area contributed by atoms with E-state index in [0.29, 0.717) is 28.5 Å². The number of ether oxygens (including phenoxy) is 2. The molecule has 0 bridgehead atoms. The number of likely N-dealkylation sites (tertiary alicyclic amines) is 1. The second-order valence-electron chi connectivity index (χ2n) is 6.73. The van der Waals surface area contributed by atoms with Crippen LogP contribution in [0, 0.1) is 0 Å². The van der Waals surface area contributed by atoms with Gasteiger partial charge in [0.1, 0.15) is 5.70 Å². The number of nitrogens with zero attached hydrogens (tertiary/aromatic N) is 2. The first-order chi connectivity index (χ1) is 13.7. The Labute approximate surface area is 168 Å². The molecular formula is C21H22N2O4S. The number of imide groups is 1. The lowest BCUT2D eigenvalue weighted by atomic mass is 10.1. The van der Waals surface area contributed by atoms with Gasteiger partial charge in [0.25, 0.3) is 11.8 Å². The fraction of sp³-hybridized carbons (Fsp3) is 0.333. The number of hydrogen-bond acceptors (Lipinski definition) is 6. The Morgan fingerprint density at radius 2 is 1.68 bits per heavy atom. The third kappa shape index (κ3) is 3.05. The van der Waals surface area contributed by atoms with Crippen LogP contribution in [0.15, 0.2) is 41.4 Å². The van der Waals surface area contributed by atoms with E-state index in [-0.39, 0.29) is 11.8 Å². The van der Waals surface area contributed by atoms with E-state index in [0.717, 1.165) is 37.2 Å². The Hall–Kier alpha value is -2.80. The van der Waals surface area contributed by atoms with E-state index in [1.54, 1.807) is 25.3 Å². The molecule has 1 aromatic heterocycles. The number of hydrogen-bond donors (Lipinski definition) is 0. The number of amides is 2. The molecule has 2 aliphatic rings. The van der Waals surface area contributed by atoms with Gasteiger partial charge in [0.2, 0.25) is 0 Å². The molecule has 3 heterocycles. The summed E-state index contributed by atoms with van der Waals surface area (Å²) < 4.78 is 10.6. The van der Waals surface area contributed by atoms with Gasteiger partial charge in [0.05, 0.1) is 25.5 Å². The molecule has 1 aromatic carbocycles. The molecule has 0 radical (unpaired) electrons. The minimum Gasteiger partial charge on any atom is -0.493 e. The average Bonchev–Trinajstić information content (AvgIpc) is 3.34. The Balaban J connectivity index is 1.78. The molecule has 6 nitrogen and oxygen atoms in total. The van der Waals surface area contributed by atoms with Crippen molar-refractivity contribution in [3.05, 3.63) is 46.3 Å². The van der Waals surface area contributed by atoms with Gasteiger partial charge in [-0.2, -0.15) is 0 Å². The van der Waals surface area contributed by atoms with Gasteiger partial charge in [0.15, 0.2) is 11.5 Å². The van der Waals surface area contributed by atoms with Crippen LogP contribution in [0.25, 0.3) is 5.57 Å². The van der Waals surface area contributed by atoms with Crippen molar-refractivity contribution < 1.29 is 19.1 Å². The fourth-order valence-electron chi connectivity index (χ4n) is 3.77. The summed E-state index contributed by atoms with van der Waals surface area (Å²) in [6, 6.07) is 8.88. The lowest BCUT2D eigenvalue weighted by Gasteiger charge is -2.29. The molecule has 2 aliphatic heterocycles. The molecule has 0 spiro atoms. The standard InChI is InChI=1S/C21H22N2O4S/c1-26-15-9-8-14(13-16(15)27-2)23-20(24)18(17-7-6-12-28-17)19(21(23)25)22-10-4-3-5-11-22/h6-9,12-13H,3-5,10-11H2,1-2H3. The number of piperidine rings is 1. The van der Waals surface area contributed by atoms with Gasteiger partial charge < -0.3 is 14.4 Å². The topological polar surface area (TPSA) is 59.1 Å². The van der Waals surface area contributed by atoms with E-state index in [4.69, 9.17) is 9.47 Å². The number of benzene rings is 1. The third-order valence-corrected chi connectivity index (χ3v) is 6.01. The summed E-state index contributed by atoms with van der Waals surface area (Å²) in [6.45, 7) is 1.59. The zero-order chi connectivity index (χ0) is 19.7. The molecule has 4 rings (SSSR count). The van der Waals surface area contributed by atoms with Crippen molar-refractivity contribution in [3.8, 4) is 11.5 Å². The monoisotopic (exact) mass is 398 g/mol. The van der Waals surface area contributed by atoms with Gasteiger partial charge in [-0.1, -0.05) is 6.07 Å². The summed E-state index contributed by atoms with van der Waals surface area (Å²) in [5, 5.41) is 1.92. The van der Waals surface area contributed by atoms with Crippen LogP contribution < -0.4 is 14.4 Å². The number of methoxy groups -OCH3 is 2. The lowest BCUT2D eigenvalue weighted by molar-refractivity contribution is -0.120. The molecule has 0 atom stereocenters. The van der Waals surface area contributed by atoms with Crippen LogP contribution in [-0.2, 0) is 9.59 Å². The molecule has 28 heavy (non-hydrogen) atoms. The van der Waals surface area contributed by atoms with Crippen LogP contribution in [0.2, 0.25) is 0 Å².